The first kappa shape index (κ1) is 23.0. The minimum atomic E-state index is -0.191. The highest BCUT2D eigenvalue weighted by Crippen LogP contribution is 2.40. The van der Waals surface area contributed by atoms with Crippen molar-refractivity contribution in [3.05, 3.63) is 68.1 Å². The summed E-state index contributed by atoms with van der Waals surface area (Å²) in [7, 11) is 4.02. The van der Waals surface area contributed by atoms with E-state index < -0.39 is 0 Å². The molecule has 2 aromatic rings. The quantitative estimate of drug-likeness (QED) is 0.499. The molecule has 0 aliphatic carbocycles. The molecule has 0 aromatic heterocycles. The SMILES string of the molecule is CC(c1cc(Br)cc(Br)c1)N(C)C(=O)CC1(c2ccc(C#N)cc2)CCN(C)CC1. The van der Waals surface area contributed by atoms with Gasteiger partial charge in [0.1, 0.15) is 0 Å². The van der Waals surface area contributed by atoms with Crippen LogP contribution in [0, 0.1) is 11.3 Å². The lowest BCUT2D eigenvalue weighted by atomic mass is 9.70. The van der Waals surface area contributed by atoms with Crippen LogP contribution in [0.15, 0.2) is 51.4 Å². The van der Waals surface area contributed by atoms with Crippen molar-refractivity contribution in [2.45, 2.75) is 37.6 Å². The van der Waals surface area contributed by atoms with Gasteiger partial charge in [0, 0.05) is 27.8 Å². The Morgan fingerprint density at radius 1 is 1.17 bits per heavy atom. The van der Waals surface area contributed by atoms with Gasteiger partial charge < -0.3 is 9.80 Å². The molecule has 6 heteroatoms. The van der Waals surface area contributed by atoms with Crippen LogP contribution in [0.2, 0.25) is 0 Å². The Bertz CT molecular complexity index is 924. The van der Waals surface area contributed by atoms with Crippen LogP contribution < -0.4 is 0 Å². The molecule has 1 unspecified atom stereocenters. The Hall–Kier alpha value is -1.68. The van der Waals surface area contributed by atoms with E-state index in [2.05, 4.69) is 68.9 Å². The topological polar surface area (TPSA) is 47.3 Å². The molecule has 30 heavy (non-hydrogen) atoms. The summed E-state index contributed by atoms with van der Waals surface area (Å²) in [5.41, 5.74) is 2.71. The molecule has 1 atom stereocenters. The zero-order valence-corrected chi connectivity index (χ0v) is 20.8. The zero-order valence-electron chi connectivity index (χ0n) is 17.7. The monoisotopic (exact) mass is 531 g/mol. The highest BCUT2D eigenvalue weighted by molar-refractivity contribution is 9.11. The van der Waals surface area contributed by atoms with Gasteiger partial charge in [-0.2, -0.15) is 5.26 Å². The number of nitrogens with zero attached hydrogens (tertiary/aromatic N) is 3. The maximum atomic E-state index is 13.4. The molecule has 1 aliphatic heterocycles. The summed E-state index contributed by atoms with van der Waals surface area (Å²) in [6.07, 6.45) is 2.35. The Kier molecular flexibility index (Phi) is 7.38. The summed E-state index contributed by atoms with van der Waals surface area (Å²) in [4.78, 5) is 17.6. The minimum absolute atomic E-state index is 0.0319. The molecule has 0 N–H and O–H groups in total. The average molecular weight is 533 g/mol. The first-order valence-electron chi connectivity index (χ1n) is 10.1. The summed E-state index contributed by atoms with van der Waals surface area (Å²) >= 11 is 7.09. The number of hydrogen-bond acceptors (Lipinski definition) is 3. The van der Waals surface area contributed by atoms with Crippen LogP contribution in [-0.4, -0.2) is 42.9 Å². The molecule has 2 aromatic carbocycles. The van der Waals surface area contributed by atoms with Crippen molar-refractivity contribution in [3.8, 4) is 6.07 Å². The normalized spacial score (nSPS) is 17.2. The Morgan fingerprint density at radius 3 is 2.27 bits per heavy atom. The third-order valence-corrected chi connectivity index (χ3v) is 7.32. The van der Waals surface area contributed by atoms with Crippen LogP contribution in [-0.2, 0) is 10.2 Å². The second-order valence-electron chi connectivity index (χ2n) is 8.33. The number of carbonyl (C=O) groups is 1. The molecule has 4 nitrogen and oxygen atoms in total. The molecule has 158 valence electrons. The largest absolute Gasteiger partial charge is 0.339 e. The Balaban J connectivity index is 1.84. The molecule has 1 amide bonds. The van der Waals surface area contributed by atoms with Crippen LogP contribution in [0.3, 0.4) is 0 Å². The van der Waals surface area contributed by atoms with Gasteiger partial charge in [-0.05, 0) is 81.4 Å². The predicted molar refractivity (Wildman–Crippen MR) is 127 cm³/mol. The number of carbonyl (C=O) groups excluding carboxylic acids is 1. The van der Waals surface area contributed by atoms with Crippen molar-refractivity contribution < 1.29 is 4.79 Å². The van der Waals surface area contributed by atoms with Gasteiger partial charge in [0.25, 0.3) is 0 Å². The molecular formula is C24H27Br2N3O. The molecule has 0 bridgehead atoms. The van der Waals surface area contributed by atoms with E-state index in [1.807, 2.05) is 42.3 Å². The maximum absolute atomic E-state index is 13.4. The summed E-state index contributed by atoms with van der Waals surface area (Å²) < 4.78 is 1.98. The summed E-state index contributed by atoms with van der Waals surface area (Å²) in [5, 5.41) is 9.14. The molecule has 0 spiro atoms. The van der Waals surface area contributed by atoms with E-state index in [-0.39, 0.29) is 17.4 Å². The van der Waals surface area contributed by atoms with Crippen molar-refractivity contribution in [1.82, 2.24) is 9.80 Å². The molecule has 0 radical (unpaired) electrons. The number of amides is 1. The van der Waals surface area contributed by atoms with Crippen molar-refractivity contribution in [3.63, 3.8) is 0 Å². The van der Waals surface area contributed by atoms with Gasteiger partial charge in [-0.15, -0.1) is 0 Å². The van der Waals surface area contributed by atoms with Crippen molar-refractivity contribution in [1.29, 1.82) is 5.26 Å². The summed E-state index contributed by atoms with van der Waals surface area (Å²) in [6.45, 7) is 3.99. The van der Waals surface area contributed by atoms with Crippen molar-refractivity contribution in [2.24, 2.45) is 0 Å². The molecular weight excluding hydrogens is 506 g/mol. The molecule has 1 heterocycles. The first-order valence-corrected chi connectivity index (χ1v) is 11.7. The smallest absolute Gasteiger partial charge is 0.223 e. The lowest BCUT2D eigenvalue weighted by Crippen LogP contribution is -2.44. The molecule has 0 saturated carbocycles. The number of benzene rings is 2. The second-order valence-corrected chi connectivity index (χ2v) is 10.2. The fourth-order valence-corrected chi connectivity index (χ4v) is 5.51. The van der Waals surface area contributed by atoms with Gasteiger partial charge in [-0.3, -0.25) is 4.79 Å². The van der Waals surface area contributed by atoms with Crippen LogP contribution in [0.25, 0.3) is 0 Å². The number of rotatable bonds is 5. The fourth-order valence-electron chi connectivity index (χ4n) is 4.18. The highest BCUT2D eigenvalue weighted by Gasteiger charge is 2.38. The van der Waals surface area contributed by atoms with Crippen LogP contribution in [0.4, 0.5) is 0 Å². The maximum Gasteiger partial charge on any atom is 0.223 e. The number of likely N-dealkylation sites (tertiary alicyclic amines) is 1. The third kappa shape index (κ3) is 5.14. The number of piperidine rings is 1. The van der Waals surface area contributed by atoms with Gasteiger partial charge in [-0.1, -0.05) is 44.0 Å². The van der Waals surface area contributed by atoms with Gasteiger partial charge >= 0.3 is 0 Å². The van der Waals surface area contributed by atoms with Crippen molar-refractivity contribution >= 4 is 37.8 Å². The second kappa shape index (κ2) is 9.64. The Morgan fingerprint density at radius 2 is 1.73 bits per heavy atom. The van der Waals surface area contributed by atoms with Gasteiger partial charge in [0.2, 0.25) is 5.91 Å². The van der Waals surface area contributed by atoms with Crippen molar-refractivity contribution in [2.75, 3.05) is 27.2 Å². The molecule has 1 fully saturated rings. The predicted octanol–water partition coefficient (Wildman–Crippen LogP) is 5.66. The van der Waals surface area contributed by atoms with E-state index in [4.69, 9.17) is 5.26 Å². The fraction of sp³-hybridized carbons (Fsp3) is 0.417. The van der Waals surface area contributed by atoms with E-state index in [1.165, 1.54) is 0 Å². The average Bonchev–Trinajstić information content (AvgIpc) is 2.73. The van der Waals surface area contributed by atoms with Gasteiger partial charge in [0.15, 0.2) is 0 Å². The van der Waals surface area contributed by atoms with E-state index in [9.17, 15) is 4.79 Å². The number of nitriles is 1. The van der Waals surface area contributed by atoms with E-state index in [0.717, 1.165) is 46.0 Å². The first-order chi connectivity index (χ1) is 14.2. The third-order valence-electron chi connectivity index (χ3n) is 6.40. The lowest BCUT2D eigenvalue weighted by Gasteiger charge is -2.42. The van der Waals surface area contributed by atoms with Gasteiger partial charge in [0.05, 0.1) is 17.7 Å². The number of halogens is 2. The van der Waals surface area contributed by atoms with Crippen LogP contribution >= 0.6 is 31.9 Å². The van der Waals surface area contributed by atoms with Gasteiger partial charge in [-0.25, -0.2) is 0 Å². The summed E-state index contributed by atoms with van der Waals surface area (Å²) in [5.74, 6) is 0.146. The molecule has 3 rings (SSSR count). The zero-order chi connectivity index (χ0) is 21.9. The highest BCUT2D eigenvalue weighted by atomic mass is 79.9. The van der Waals surface area contributed by atoms with E-state index in [0.29, 0.717) is 12.0 Å². The number of hydrogen-bond donors (Lipinski definition) is 0. The summed E-state index contributed by atoms with van der Waals surface area (Å²) in [6, 6.07) is 16.1. The minimum Gasteiger partial charge on any atom is -0.339 e. The van der Waals surface area contributed by atoms with Crippen LogP contribution in [0.1, 0.15) is 48.9 Å². The van der Waals surface area contributed by atoms with E-state index >= 15 is 0 Å². The standard InChI is InChI=1S/C24H27Br2N3O/c1-17(19-12-21(25)14-22(26)13-19)29(3)23(30)15-24(8-10-28(2)11-9-24)20-6-4-18(16-27)5-7-20/h4-7,12-14,17H,8-11,15H2,1-3H3. The van der Waals surface area contributed by atoms with Crippen LogP contribution in [0.5, 0.6) is 0 Å². The molecule has 1 aliphatic rings. The van der Waals surface area contributed by atoms with E-state index in [1.54, 1.807) is 0 Å². The Labute approximate surface area is 196 Å². The molecule has 1 saturated heterocycles. The lowest BCUT2D eigenvalue weighted by molar-refractivity contribution is -0.133.